The van der Waals surface area contributed by atoms with Crippen molar-refractivity contribution in [3.63, 3.8) is 0 Å². The summed E-state index contributed by atoms with van der Waals surface area (Å²) in [7, 11) is -4.23. The van der Waals surface area contributed by atoms with Gasteiger partial charge in [-0.15, -0.1) is 0 Å². The van der Waals surface area contributed by atoms with Gasteiger partial charge in [-0.2, -0.15) is 0 Å². The van der Waals surface area contributed by atoms with Crippen molar-refractivity contribution in [2.24, 2.45) is 0 Å². The summed E-state index contributed by atoms with van der Waals surface area (Å²) in [4.78, 5) is 28.1. The van der Waals surface area contributed by atoms with Crippen LogP contribution in [0.2, 0.25) is 10.0 Å². The molecular weight excluding hydrogens is 613 g/mol. The molecule has 0 radical (unpaired) electrons. The normalized spacial score (nSPS) is 12.2. The molecule has 2 amide bonds. The number of amides is 2. The van der Waals surface area contributed by atoms with Gasteiger partial charge >= 0.3 is 0 Å². The lowest BCUT2D eigenvalue weighted by molar-refractivity contribution is -0.139. The van der Waals surface area contributed by atoms with E-state index in [-0.39, 0.29) is 39.1 Å². The summed E-state index contributed by atoms with van der Waals surface area (Å²) in [6.07, 6.45) is 0. The van der Waals surface area contributed by atoms with Crippen LogP contribution in [0.15, 0.2) is 82.2 Å². The van der Waals surface area contributed by atoms with Crippen molar-refractivity contribution in [3.05, 3.63) is 92.9 Å². The molecule has 0 aromatic heterocycles. The average molecular weight is 641 g/mol. The third kappa shape index (κ3) is 7.28. The zero-order valence-corrected chi connectivity index (χ0v) is 25.0. The summed E-state index contributed by atoms with van der Waals surface area (Å²) in [5, 5.41) is 2.95. The van der Waals surface area contributed by atoms with Crippen LogP contribution >= 0.6 is 39.1 Å². The van der Waals surface area contributed by atoms with Gasteiger partial charge in [-0.05, 0) is 62.7 Å². The van der Waals surface area contributed by atoms with Crippen LogP contribution in [-0.4, -0.2) is 43.8 Å². The Morgan fingerprint density at radius 2 is 1.55 bits per heavy atom. The van der Waals surface area contributed by atoms with Gasteiger partial charge in [-0.3, -0.25) is 13.9 Å². The Morgan fingerprint density at radius 1 is 0.921 bits per heavy atom. The van der Waals surface area contributed by atoms with E-state index >= 15 is 0 Å². The van der Waals surface area contributed by atoms with E-state index in [0.29, 0.717) is 0 Å². The largest absolute Gasteiger partial charge is 0.352 e. The lowest BCUT2D eigenvalue weighted by Crippen LogP contribution is -2.52. The molecule has 0 aliphatic heterocycles. The monoisotopic (exact) mass is 639 g/mol. The molecule has 202 valence electrons. The Bertz CT molecular complexity index is 1390. The Labute approximate surface area is 241 Å². The second-order valence-electron chi connectivity index (χ2n) is 8.89. The van der Waals surface area contributed by atoms with Gasteiger partial charge in [-0.1, -0.05) is 75.5 Å². The number of carbonyl (C=O) groups is 2. The van der Waals surface area contributed by atoms with Crippen LogP contribution in [0.5, 0.6) is 0 Å². The van der Waals surface area contributed by atoms with Crippen LogP contribution in [0.25, 0.3) is 0 Å². The van der Waals surface area contributed by atoms with Crippen LogP contribution in [0.3, 0.4) is 0 Å². The first-order valence-electron chi connectivity index (χ1n) is 11.8. The summed E-state index contributed by atoms with van der Waals surface area (Å²) < 4.78 is 29.3. The third-order valence-electron chi connectivity index (χ3n) is 5.67. The molecule has 0 aliphatic carbocycles. The van der Waals surface area contributed by atoms with Crippen molar-refractivity contribution < 1.29 is 18.0 Å². The zero-order chi connectivity index (χ0) is 28.0. The van der Waals surface area contributed by atoms with E-state index in [1.807, 2.05) is 38.1 Å². The van der Waals surface area contributed by atoms with Crippen LogP contribution in [0, 0.1) is 0 Å². The van der Waals surface area contributed by atoms with E-state index in [4.69, 9.17) is 23.2 Å². The lowest BCUT2D eigenvalue weighted by Gasteiger charge is -2.32. The van der Waals surface area contributed by atoms with E-state index in [1.54, 1.807) is 31.2 Å². The summed E-state index contributed by atoms with van der Waals surface area (Å²) in [5.41, 5.74) is 0.822. The molecule has 1 atom stereocenters. The van der Waals surface area contributed by atoms with E-state index in [1.165, 1.54) is 29.2 Å². The van der Waals surface area contributed by atoms with E-state index in [9.17, 15) is 18.0 Å². The number of nitrogens with zero attached hydrogens (tertiary/aromatic N) is 2. The van der Waals surface area contributed by atoms with Gasteiger partial charge in [0.2, 0.25) is 11.8 Å². The summed E-state index contributed by atoms with van der Waals surface area (Å²) in [5.74, 6) is -0.946. The zero-order valence-electron chi connectivity index (χ0n) is 21.1. The fourth-order valence-electron chi connectivity index (χ4n) is 3.69. The average Bonchev–Trinajstić information content (AvgIpc) is 2.88. The number of nitrogens with one attached hydrogen (secondary N) is 1. The highest BCUT2D eigenvalue weighted by atomic mass is 79.9. The molecule has 0 unspecified atom stereocenters. The van der Waals surface area contributed by atoms with E-state index in [0.717, 1.165) is 14.3 Å². The minimum atomic E-state index is -4.23. The smallest absolute Gasteiger partial charge is 0.264 e. The second-order valence-corrected chi connectivity index (χ2v) is 12.4. The first kappa shape index (κ1) is 30.0. The van der Waals surface area contributed by atoms with Gasteiger partial charge in [0.15, 0.2) is 0 Å². The number of hydrogen-bond donors (Lipinski definition) is 1. The predicted octanol–water partition coefficient (Wildman–Crippen LogP) is 5.89. The molecule has 1 N–H and O–H groups in total. The molecule has 3 aromatic rings. The van der Waals surface area contributed by atoms with E-state index in [2.05, 4.69) is 21.2 Å². The van der Waals surface area contributed by atoms with Crippen LogP contribution in [-0.2, 0) is 26.2 Å². The quantitative estimate of drug-likeness (QED) is 0.299. The summed E-state index contributed by atoms with van der Waals surface area (Å²) in [6, 6.07) is 18.6. The van der Waals surface area contributed by atoms with Crippen molar-refractivity contribution in [1.29, 1.82) is 0 Å². The molecule has 7 nitrogen and oxygen atoms in total. The highest BCUT2D eigenvalue weighted by molar-refractivity contribution is 9.10. The number of sulfonamides is 1. The number of rotatable bonds is 10. The van der Waals surface area contributed by atoms with E-state index < -0.39 is 28.5 Å². The third-order valence-corrected chi connectivity index (χ3v) is 8.79. The molecule has 0 bridgehead atoms. The second kappa shape index (κ2) is 13.0. The molecule has 3 aromatic carbocycles. The minimum absolute atomic E-state index is 0.00784. The van der Waals surface area contributed by atoms with Crippen molar-refractivity contribution >= 4 is 66.7 Å². The number of carbonyl (C=O) groups excluding carboxylic acids is 2. The molecule has 0 aliphatic rings. The van der Waals surface area contributed by atoms with Crippen LogP contribution in [0.4, 0.5) is 5.69 Å². The number of halogens is 3. The van der Waals surface area contributed by atoms with Crippen molar-refractivity contribution in [2.45, 2.75) is 44.3 Å². The number of hydrogen-bond acceptors (Lipinski definition) is 4. The molecular formula is C27H28BrCl2N3O4S. The number of anilines is 1. The van der Waals surface area contributed by atoms with Crippen molar-refractivity contribution in [3.8, 4) is 0 Å². The standard InChI is InChI=1S/C27H28BrCl2N3O4S/c1-18(2)31-27(35)19(3)32(16-20-12-14-21(28)15-13-20)25(34)17-33(24-11-7-10-23(29)26(24)30)38(36,37)22-8-5-4-6-9-22/h4-15,18-19H,16-17H2,1-3H3,(H,31,35)/t19-/m1/s1. The summed E-state index contributed by atoms with van der Waals surface area (Å²) in [6.45, 7) is 4.73. The van der Waals surface area contributed by atoms with Gasteiger partial charge in [0.25, 0.3) is 10.0 Å². The SMILES string of the molecule is CC(C)NC(=O)[C@@H](C)N(Cc1ccc(Br)cc1)C(=O)CN(c1cccc(Cl)c1Cl)S(=O)(=O)c1ccccc1. The topological polar surface area (TPSA) is 86.8 Å². The van der Waals surface area contributed by atoms with Crippen molar-refractivity contribution in [2.75, 3.05) is 10.8 Å². The molecule has 3 rings (SSSR count). The predicted molar refractivity (Wildman–Crippen MR) is 155 cm³/mol. The fourth-order valence-corrected chi connectivity index (χ4v) is 5.85. The summed E-state index contributed by atoms with van der Waals surface area (Å²) >= 11 is 16.0. The van der Waals surface area contributed by atoms with Gasteiger partial charge in [0.05, 0.1) is 20.6 Å². The first-order chi connectivity index (χ1) is 17.9. The van der Waals surface area contributed by atoms with Gasteiger partial charge in [0, 0.05) is 17.1 Å². The minimum Gasteiger partial charge on any atom is -0.352 e. The first-order valence-corrected chi connectivity index (χ1v) is 14.8. The molecule has 0 fully saturated rings. The maximum absolute atomic E-state index is 13.9. The maximum Gasteiger partial charge on any atom is 0.264 e. The van der Waals surface area contributed by atoms with Gasteiger partial charge < -0.3 is 10.2 Å². The molecule has 0 spiro atoms. The van der Waals surface area contributed by atoms with Gasteiger partial charge in [0.1, 0.15) is 12.6 Å². The Kier molecular flexibility index (Phi) is 10.2. The van der Waals surface area contributed by atoms with Gasteiger partial charge in [-0.25, -0.2) is 8.42 Å². The highest BCUT2D eigenvalue weighted by Gasteiger charge is 2.33. The Hall–Kier alpha value is -2.59. The van der Waals surface area contributed by atoms with Crippen molar-refractivity contribution in [1.82, 2.24) is 10.2 Å². The molecule has 0 saturated carbocycles. The lowest BCUT2D eigenvalue weighted by atomic mass is 10.1. The number of benzene rings is 3. The Balaban J connectivity index is 2.06. The molecule has 0 saturated heterocycles. The Morgan fingerprint density at radius 3 is 2.16 bits per heavy atom. The maximum atomic E-state index is 13.9. The molecule has 0 heterocycles. The fraction of sp³-hybridized carbons (Fsp3) is 0.259. The van der Waals surface area contributed by atoms with Crippen LogP contribution < -0.4 is 9.62 Å². The highest BCUT2D eigenvalue weighted by Crippen LogP contribution is 2.35. The molecule has 38 heavy (non-hydrogen) atoms. The van der Waals surface area contributed by atoms with Crippen LogP contribution in [0.1, 0.15) is 26.3 Å². The molecule has 11 heteroatoms.